The van der Waals surface area contributed by atoms with Crippen LogP contribution >= 0.6 is 15.9 Å². The summed E-state index contributed by atoms with van der Waals surface area (Å²) in [4.78, 5) is 12.0. The first kappa shape index (κ1) is 14.9. The molecule has 0 saturated heterocycles. The molecule has 0 aliphatic rings. The number of hydrogen-bond acceptors (Lipinski definition) is 4. The minimum Gasteiger partial charge on any atom is -0.339 e. The summed E-state index contributed by atoms with van der Waals surface area (Å²) in [7, 11) is 1.63. The maximum Gasteiger partial charge on any atom is 0.295 e. The van der Waals surface area contributed by atoms with Crippen LogP contribution in [0.15, 0.2) is 40.9 Å². The van der Waals surface area contributed by atoms with Crippen LogP contribution in [-0.4, -0.2) is 12.0 Å². The standard InChI is InChI=1S/C14H9BrFN3O2/c1-18(10-4-2-9(8-17)3-5-10)13-6-11(15)12(16)7-14(13)19(20)21/h2-7H,1H3. The number of nitro benzene ring substituents is 1. The van der Waals surface area contributed by atoms with E-state index in [1.807, 2.05) is 6.07 Å². The predicted molar refractivity (Wildman–Crippen MR) is 80.0 cm³/mol. The molecule has 0 bridgehead atoms. The Kier molecular flexibility index (Phi) is 4.19. The number of nitro groups is 1. The van der Waals surface area contributed by atoms with Gasteiger partial charge in [-0.3, -0.25) is 10.1 Å². The molecule has 0 saturated carbocycles. The molecular formula is C14H9BrFN3O2. The van der Waals surface area contributed by atoms with Crippen molar-refractivity contribution in [2.24, 2.45) is 0 Å². The highest BCUT2D eigenvalue weighted by Crippen LogP contribution is 2.36. The summed E-state index contributed by atoms with van der Waals surface area (Å²) in [6, 6.07) is 10.8. The predicted octanol–water partition coefficient (Wildman–Crippen LogP) is 4.14. The van der Waals surface area contributed by atoms with E-state index in [2.05, 4.69) is 15.9 Å². The van der Waals surface area contributed by atoms with E-state index < -0.39 is 10.7 Å². The molecule has 0 amide bonds. The summed E-state index contributed by atoms with van der Waals surface area (Å²) in [5, 5.41) is 19.8. The second-order valence-corrected chi connectivity index (χ2v) is 5.08. The summed E-state index contributed by atoms with van der Waals surface area (Å²) in [5.41, 5.74) is 1.05. The smallest absolute Gasteiger partial charge is 0.295 e. The van der Waals surface area contributed by atoms with E-state index >= 15 is 0 Å². The number of nitriles is 1. The molecule has 106 valence electrons. The van der Waals surface area contributed by atoms with E-state index in [0.717, 1.165) is 6.07 Å². The first-order chi connectivity index (χ1) is 9.93. The zero-order valence-corrected chi connectivity index (χ0v) is 12.5. The van der Waals surface area contributed by atoms with E-state index in [0.29, 0.717) is 11.3 Å². The quantitative estimate of drug-likeness (QED) is 0.616. The molecule has 0 aromatic heterocycles. The zero-order chi connectivity index (χ0) is 15.6. The number of anilines is 2. The topological polar surface area (TPSA) is 70.2 Å². The second kappa shape index (κ2) is 5.89. The van der Waals surface area contributed by atoms with Crippen LogP contribution in [0.5, 0.6) is 0 Å². The van der Waals surface area contributed by atoms with Gasteiger partial charge in [0.1, 0.15) is 11.5 Å². The third-order valence-corrected chi connectivity index (χ3v) is 3.57. The fourth-order valence-electron chi connectivity index (χ4n) is 1.84. The third-order valence-electron chi connectivity index (χ3n) is 2.96. The van der Waals surface area contributed by atoms with E-state index in [1.54, 1.807) is 36.2 Å². The van der Waals surface area contributed by atoms with Gasteiger partial charge in [-0.25, -0.2) is 4.39 Å². The molecule has 2 aromatic rings. The molecule has 0 radical (unpaired) electrons. The minimum atomic E-state index is -0.696. The summed E-state index contributed by atoms with van der Waals surface area (Å²) in [6.07, 6.45) is 0. The Bertz CT molecular complexity index is 741. The fourth-order valence-corrected chi connectivity index (χ4v) is 2.17. The lowest BCUT2D eigenvalue weighted by molar-refractivity contribution is -0.384. The van der Waals surface area contributed by atoms with Gasteiger partial charge in [-0.1, -0.05) is 0 Å². The maximum atomic E-state index is 13.5. The van der Waals surface area contributed by atoms with Gasteiger partial charge < -0.3 is 4.90 Å². The first-order valence-electron chi connectivity index (χ1n) is 5.81. The number of halogens is 2. The van der Waals surface area contributed by atoms with E-state index in [-0.39, 0.29) is 15.8 Å². The van der Waals surface area contributed by atoms with Crippen LogP contribution in [-0.2, 0) is 0 Å². The molecule has 7 heteroatoms. The number of rotatable bonds is 3. The van der Waals surface area contributed by atoms with Gasteiger partial charge in [-0.15, -0.1) is 0 Å². The maximum absolute atomic E-state index is 13.5. The van der Waals surface area contributed by atoms with E-state index in [9.17, 15) is 14.5 Å². The molecule has 0 unspecified atom stereocenters. The number of benzene rings is 2. The molecule has 0 N–H and O–H groups in total. The highest BCUT2D eigenvalue weighted by molar-refractivity contribution is 9.10. The van der Waals surface area contributed by atoms with Crippen LogP contribution in [0.2, 0.25) is 0 Å². The largest absolute Gasteiger partial charge is 0.339 e. The first-order valence-corrected chi connectivity index (χ1v) is 6.60. The SMILES string of the molecule is CN(c1ccc(C#N)cc1)c1cc(Br)c(F)cc1[N+](=O)[O-]. The van der Waals surface area contributed by atoms with Crippen molar-refractivity contribution < 1.29 is 9.31 Å². The van der Waals surface area contributed by atoms with Crippen molar-refractivity contribution in [3.8, 4) is 6.07 Å². The van der Waals surface area contributed by atoms with Crippen LogP contribution < -0.4 is 4.90 Å². The van der Waals surface area contributed by atoms with Crippen molar-refractivity contribution in [3.63, 3.8) is 0 Å². The monoisotopic (exact) mass is 349 g/mol. The van der Waals surface area contributed by atoms with Gasteiger partial charge in [0.05, 0.1) is 27.1 Å². The summed E-state index contributed by atoms with van der Waals surface area (Å²) >= 11 is 3.03. The molecule has 0 aliphatic carbocycles. The third kappa shape index (κ3) is 3.01. The van der Waals surface area contributed by atoms with Gasteiger partial charge in [0.25, 0.3) is 5.69 Å². The molecule has 5 nitrogen and oxygen atoms in total. The molecule has 0 spiro atoms. The number of hydrogen-bond donors (Lipinski definition) is 0. The zero-order valence-electron chi connectivity index (χ0n) is 10.9. The lowest BCUT2D eigenvalue weighted by Crippen LogP contribution is -2.12. The summed E-state index contributed by atoms with van der Waals surface area (Å²) in [5.74, 6) is -0.696. The Hall–Kier alpha value is -2.46. The number of nitrogens with zero attached hydrogens (tertiary/aromatic N) is 3. The molecule has 0 aliphatic heterocycles. The summed E-state index contributed by atoms with van der Waals surface area (Å²) < 4.78 is 13.6. The summed E-state index contributed by atoms with van der Waals surface area (Å²) in [6.45, 7) is 0. The van der Waals surface area contributed by atoms with Crippen molar-refractivity contribution in [2.75, 3.05) is 11.9 Å². The minimum absolute atomic E-state index is 0.142. The van der Waals surface area contributed by atoms with Gasteiger partial charge in [-0.2, -0.15) is 5.26 Å². The van der Waals surface area contributed by atoms with E-state index in [1.165, 1.54) is 6.07 Å². The van der Waals surface area contributed by atoms with Crippen LogP contribution in [0.1, 0.15) is 5.56 Å². The highest BCUT2D eigenvalue weighted by atomic mass is 79.9. The average Bonchev–Trinajstić information content (AvgIpc) is 2.48. The van der Waals surface area contributed by atoms with Gasteiger partial charge in [-0.05, 0) is 46.3 Å². The average molecular weight is 350 g/mol. The Morgan fingerprint density at radius 1 is 1.33 bits per heavy atom. The van der Waals surface area contributed by atoms with Gasteiger partial charge in [0.15, 0.2) is 0 Å². The lowest BCUT2D eigenvalue weighted by atomic mass is 10.2. The molecule has 0 atom stereocenters. The Morgan fingerprint density at radius 2 is 1.95 bits per heavy atom. The molecule has 21 heavy (non-hydrogen) atoms. The van der Waals surface area contributed by atoms with Crippen LogP contribution in [0.25, 0.3) is 0 Å². The lowest BCUT2D eigenvalue weighted by Gasteiger charge is -2.19. The highest BCUT2D eigenvalue weighted by Gasteiger charge is 2.21. The second-order valence-electron chi connectivity index (χ2n) is 4.23. The molecule has 0 heterocycles. The van der Waals surface area contributed by atoms with Gasteiger partial charge in [0.2, 0.25) is 0 Å². The normalized spacial score (nSPS) is 10.0. The Labute approximate surface area is 128 Å². The fraction of sp³-hybridized carbons (Fsp3) is 0.0714. The van der Waals surface area contributed by atoms with Crippen molar-refractivity contribution in [1.29, 1.82) is 5.26 Å². The van der Waals surface area contributed by atoms with Crippen molar-refractivity contribution in [3.05, 3.63) is 62.4 Å². The van der Waals surface area contributed by atoms with Crippen LogP contribution in [0.3, 0.4) is 0 Å². The van der Waals surface area contributed by atoms with Crippen molar-refractivity contribution in [1.82, 2.24) is 0 Å². The van der Waals surface area contributed by atoms with Crippen molar-refractivity contribution in [2.45, 2.75) is 0 Å². The van der Waals surface area contributed by atoms with Crippen molar-refractivity contribution >= 4 is 33.0 Å². The molecule has 0 fully saturated rings. The van der Waals surface area contributed by atoms with Crippen LogP contribution in [0, 0.1) is 27.3 Å². The Morgan fingerprint density at radius 3 is 2.48 bits per heavy atom. The van der Waals surface area contributed by atoms with Gasteiger partial charge >= 0.3 is 0 Å². The van der Waals surface area contributed by atoms with Gasteiger partial charge in [0, 0.05) is 12.7 Å². The Balaban J connectivity index is 2.51. The molecule has 2 aromatic carbocycles. The molecule has 2 rings (SSSR count). The molecular weight excluding hydrogens is 341 g/mol. The van der Waals surface area contributed by atoms with E-state index in [4.69, 9.17) is 5.26 Å². The van der Waals surface area contributed by atoms with Crippen LogP contribution in [0.4, 0.5) is 21.5 Å².